The van der Waals surface area contributed by atoms with E-state index in [2.05, 4.69) is 12.2 Å². The summed E-state index contributed by atoms with van der Waals surface area (Å²) in [5.74, 6) is -1.04. The van der Waals surface area contributed by atoms with E-state index in [-0.39, 0.29) is 30.2 Å². The first kappa shape index (κ1) is 18.0. The molecule has 2 fully saturated rings. The Morgan fingerprint density at radius 3 is 2.11 bits per heavy atom. The zero-order valence-electron chi connectivity index (χ0n) is 15.4. The van der Waals surface area contributed by atoms with Crippen molar-refractivity contribution in [3.8, 4) is 0 Å². The van der Waals surface area contributed by atoms with E-state index in [0.29, 0.717) is 24.0 Å². The second kappa shape index (κ2) is 7.29. The van der Waals surface area contributed by atoms with Crippen molar-refractivity contribution in [2.75, 3.05) is 13.2 Å². The average molecular weight is 368 g/mol. The van der Waals surface area contributed by atoms with Gasteiger partial charge in [-0.25, -0.2) is 0 Å². The molecule has 5 heteroatoms. The summed E-state index contributed by atoms with van der Waals surface area (Å²) in [6.07, 6.45) is 5.94. The molecule has 4 aliphatic rings. The van der Waals surface area contributed by atoms with Gasteiger partial charge in [0, 0.05) is 5.56 Å². The van der Waals surface area contributed by atoms with Gasteiger partial charge in [-0.15, -0.1) is 0 Å². The Morgan fingerprint density at radius 2 is 1.52 bits per heavy atom. The van der Waals surface area contributed by atoms with Gasteiger partial charge in [-0.1, -0.05) is 49.4 Å². The fourth-order valence-electron chi connectivity index (χ4n) is 4.76. The molecule has 0 aromatic heterocycles. The lowest BCUT2D eigenvalue weighted by atomic mass is 9.62. The van der Waals surface area contributed by atoms with Crippen LogP contribution in [0.4, 0.5) is 0 Å². The Labute approximate surface area is 158 Å². The highest BCUT2D eigenvalue weighted by atomic mass is 16.5. The van der Waals surface area contributed by atoms with Gasteiger partial charge in [-0.2, -0.15) is 0 Å². The minimum atomic E-state index is -0.545. The lowest BCUT2D eigenvalue weighted by Gasteiger charge is -2.41. The Morgan fingerprint density at radius 1 is 0.926 bits per heavy atom. The van der Waals surface area contributed by atoms with E-state index in [1.165, 1.54) is 0 Å². The van der Waals surface area contributed by atoms with Gasteiger partial charge in [-0.3, -0.25) is 14.4 Å². The molecule has 5 nitrogen and oxygen atoms in total. The van der Waals surface area contributed by atoms with E-state index in [1.54, 1.807) is 24.3 Å². The number of benzene rings is 1. The molecule has 0 radical (unpaired) electrons. The molecule has 142 valence electrons. The lowest BCUT2D eigenvalue weighted by molar-refractivity contribution is -0.167. The Balaban J connectivity index is 1.46. The van der Waals surface area contributed by atoms with Crippen molar-refractivity contribution in [2.24, 2.45) is 35.5 Å². The highest BCUT2D eigenvalue weighted by Gasteiger charge is 2.63. The van der Waals surface area contributed by atoms with Gasteiger partial charge in [0.1, 0.15) is 0 Å². The summed E-state index contributed by atoms with van der Waals surface area (Å²) in [5.41, 5.74) is 0.511. The van der Waals surface area contributed by atoms with Crippen LogP contribution in [0, 0.1) is 35.5 Å². The maximum Gasteiger partial charge on any atom is 0.310 e. The number of carbonyl (C=O) groups is 3. The van der Waals surface area contributed by atoms with Crippen LogP contribution >= 0.6 is 0 Å². The third-order valence-electron chi connectivity index (χ3n) is 6.09. The number of ketones is 1. The molecular weight excluding hydrogens is 344 g/mol. The summed E-state index contributed by atoms with van der Waals surface area (Å²) in [5, 5.41) is 0. The number of hydrogen-bond donors (Lipinski definition) is 0. The number of rotatable bonds is 7. The summed E-state index contributed by atoms with van der Waals surface area (Å²) in [7, 11) is 0. The first-order valence-corrected chi connectivity index (χ1v) is 9.71. The number of allylic oxidation sites excluding steroid dienone is 2. The van der Waals surface area contributed by atoms with Crippen molar-refractivity contribution in [2.45, 2.75) is 19.8 Å². The maximum atomic E-state index is 12.9. The minimum Gasteiger partial charge on any atom is -0.465 e. The summed E-state index contributed by atoms with van der Waals surface area (Å²) >= 11 is 0. The van der Waals surface area contributed by atoms with E-state index in [9.17, 15) is 14.4 Å². The number of carbonyl (C=O) groups excluding carboxylic acids is 3. The van der Waals surface area contributed by atoms with Gasteiger partial charge in [0.15, 0.2) is 12.4 Å². The summed E-state index contributed by atoms with van der Waals surface area (Å²) in [6.45, 7) is 2.00. The number of esters is 2. The van der Waals surface area contributed by atoms with Crippen LogP contribution in [0.15, 0.2) is 42.5 Å². The molecule has 0 spiro atoms. The van der Waals surface area contributed by atoms with Crippen LogP contribution in [-0.4, -0.2) is 30.9 Å². The van der Waals surface area contributed by atoms with Crippen LogP contribution in [-0.2, 0) is 19.1 Å². The van der Waals surface area contributed by atoms with E-state index in [1.807, 2.05) is 13.0 Å². The van der Waals surface area contributed by atoms with Gasteiger partial charge < -0.3 is 9.47 Å². The molecule has 0 amide bonds. The maximum absolute atomic E-state index is 12.9. The molecule has 6 atom stereocenters. The smallest absolute Gasteiger partial charge is 0.310 e. The number of ether oxygens (including phenoxy) is 2. The number of Topliss-reactive ketones (excluding diaryl/α,β-unsaturated/α-hetero) is 1. The van der Waals surface area contributed by atoms with Gasteiger partial charge >= 0.3 is 11.9 Å². The monoisotopic (exact) mass is 368 g/mol. The quantitative estimate of drug-likeness (QED) is 0.420. The third kappa shape index (κ3) is 3.31. The predicted molar refractivity (Wildman–Crippen MR) is 97.7 cm³/mol. The summed E-state index contributed by atoms with van der Waals surface area (Å²) in [6, 6.07) is 8.76. The highest BCUT2D eigenvalue weighted by molar-refractivity contribution is 5.98. The van der Waals surface area contributed by atoms with Gasteiger partial charge in [0.05, 0.1) is 18.4 Å². The summed E-state index contributed by atoms with van der Waals surface area (Å²) in [4.78, 5) is 37.8. The normalized spacial score (nSPS) is 32.5. The molecule has 2 bridgehead atoms. The van der Waals surface area contributed by atoms with Gasteiger partial charge in [-0.05, 0) is 36.5 Å². The van der Waals surface area contributed by atoms with Gasteiger partial charge in [0.25, 0.3) is 0 Å². The van der Waals surface area contributed by atoms with Crippen molar-refractivity contribution in [3.05, 3.63) is 48.0 Å². The van der Waals surface area contributed by atoms with Crippen LogP contribution in [0.2, 0.25) is 0 Å². The van der Waals surface area contributed by atoms with Crippen LogP contribution in [0.5, 0.6) is 0 Å². The fraction of sp³-hybridized carbons (Fsp3) is 0.500. The molecular formula is C22H24O5. The van der Waals surface area contributed by atoms with E-state index < -0.39 is 17.8 Å². The standard InChI is InChI=1S/C22H24O5/c1-2-10-26-21(24)19-14-8-9-15(17-11-16(14)17)20(19)22(25)27-12-18(23)13-6-4-3-5-7-13/h3-9,14-17,19-20H,2,10-12H2,1H3/t14-,15-,16-,17-,19+,20+/m0/s1. The Kier molecular flexibility index (Phi) is 4.85. The first-order chi connectivity index (χ1) is 13.1. The highest BCUT2D eigenvalue weighted by Crippen LogP contribution is 2.63. The van der Waals surface area contributed by atoms with Crippen molar-refractivity contribution >= 4 is 17.7 Å². The van der Waals surface area contributed by atoms with Crippen LogP contribution in [0.1, 0.15) is 30.1 Å². The second-order valence-electron chi connectivity index (χ2n) is 7.72. The largest absolute Gasteiger partial charge is 0.465 e. The summed E-state index contributed by atoms with van der Waals surface area (Å²) < 4.78 is 10.7. The molecule has 5 rings (SSSR count). The van der Waals surface area contributed by atoms with E-state index in [0.717, 1.165) is 12.8 Å². The molecule has 0 unspecified atom stereocenters. The first-order valence-electron chi connectivity index (χ1n) is 9.71. The van der Waals surface area contributed by atoms with Gasteiger partial charge in [0.2, 0.25) is 0 Å². The van der Waals surface area contributed by atoms with Crippen LogP contribution in [0.25, 0.3) is 0 Å². The molecule has 4 aliphatic carbocycles. The number of hydrogen-bond acceptors (Lipinski definition) is 5. The molecule has 1 aromatic rings. The zero-order chi connectivity index (χ0) is 19.0. The average Bonchev–Trinajstić information content (AvgIpc) is 3.52. The molecule has 0 heterocycles. The van der Waals surface area contributed by atoms with E-state index in [4.69, 9.17) is 9.47 Å². The number of fused-ring (bicyclic) bond motifs is 1. The second-order valence-corrected chi connectivity index (χ2v) is 7.72. The molecule has 27 heavy (non-hydrogen) atoms. The topological polar surface area (TPSA) is 69.7 Å². The van der Waals surface area contributed by atoms with Crippen molar-refractivity contribution in [1.29, 1.82) is 0 Å². The predicted octanol–water partition coefficient (Wildman–Crippen LogP) is 3.05. The minimum absolute atomic E-state index is 0.0125. The van der Waals surface area contributed by atoms with Crippen LogP contribution in [0.3, 0.4) is 0 Å². The van der Waals surface area contributed by atoms with Crippen molar-refractivity contribution in [1.82, 2.24) is 0 Å². The van der Waals surface area contributed by atoms with Crippen molar-refractivity contribution < 1.29 is 23.9 Å². The molecule has 2 saturated carbocycles. The van der Waals surface area contributed by atoms with E-state index >= 15 is 0 Å². The fourth-order valence-corrected chi connectivity index (χ4v) is 4.76. The Hall–Kier alpha value is -2.43. The molecule has 0 saturated heterocycles. The lowest BCUT2D eigenvalue weighted by Crippen LogP contribution is -2.48. The SMILES string of the molecule is CCCOC(=O)[C@@H]1[C@H]2C=C[C@@H]([C@@H]3C[C@@H]23)[C@H]1C(=O)OCC(=O)c1ccccc1. The molecule has 0 aliphatic heterocycles. The van der Waals surface area contributed by atoms with Crippen molar-refractivity contribution in [3.63, 3.8) is 0 Å². The zero-order valence-corrected chi connectivity index (χ0v) is 15.4. The molecule has 0 N–H and O–H groups in total. The Bertz CT molecular complexity index is 768. The molecule has 1 aromatic carbocycles. The van der Waals surface area contributed by atoms with Crippen LogP contribution < -0.4 is 0 Å². The third-order valence-corrected chi connectivity index (χ3v) is 6.09.